The number of hydrogen-bond acceptors (Lipinski definition) is 5. The van der Waals surface area contributed by atoms with E-state index in [4.69, 9.17) is 9.94 Å². The number of amides is 2. The van der Waals surface area contributed by atoms with Gasteiger partial charge in [0.05, 0.1) is 5.92 Å². The highest BCUT2D eigenvalue weighted by atomic mass is 16.5. The molecule has 1 aliphatic rings. The lowest BCUT2D eigenvalue weighted by atomic mass is 9.94. The summed E-state index contributed by atoms with van der Waals surface area (Å²) in [5, 5.41) is 11.4. The Bertz CT molecular complexity index is 614. The Labute approximate surface area is 153 Å². The summed E-state index contributed by atoms with van der Waals surface area (Å²) in [6, 6.07) is 8.47. The van der Waals surface area contributed by atoms with Crippen LogP contribution in [0.25, 0.3) is 0 Å². The highest BCUT2D eigenvalue weighted by Gasteiger charge is 2.28. The van der Waals surface area contributed by atoms with Crippen LogP contribution in [-0.2, 0) is 25.5 Å². The third-order valence-electron chi connectivity index (χ3n) is 4.55. The minimum absolute atomic E-state index is 0.0675. The van der Waals surface area contributed by atoms with E-state index in [2.05, 4.69) is 5.32 Å². The zero-order chi connectivity index (χ0) is 18.9. The first kappa shape index (κ1) is 19.9. The van der Waals surface area contributed by atoms with Gasteiger partial charge in [0, 0.05) is 6.42 Å². The van der Waals surface area contributed by atoms with Gasteiger partial charge in [-0.2, -0.15) is 0 Å². The first-order valence-electron chi connectivity index (χ1n) is 8.97. The summed E-state index contributed by atoms with van der Waals surface area (Å²) >= 11 is 0. The topological polar surface area (TPSA) is 105 Å². The molecular weight excluding hydrogens is 336 g/mol. The highest BCUT2D eigenvalue weighted by Crippen LogP contribution is 2.21. The van der Waals surface area contributed by atoms with Gasteiger partial charge in [0.1, 0.15) is 12.1 Å². The minimum atomic E-state index is -0.793. The first-order valence-corrected chi connectivity index (χ1v) is 8.97. The van der Waals surface area contributed by atoms with Gasteiger partial charge in [-0.15, -0.1) is 0 Å². The number of esters is 1. The maximum atomic E-state index is 12.6. The Morgan fingerprint density at radius 2 is 1.85 bits per heavy atom. The van der Waals surface area contributed by atoms with Crippen molar-refractivity contribution in [3.05, 3.63) is 35.9 Å². The first-order chi connectivity index (χ1) is 12.5. The summed E-state index contributed by atoms with van der Waals surface area (Å²) < 4.78 is 5.40. The van der Waals surface area contributed by atoms with Gasteiger partial charge < -0.3 is 10.1 Å². The fraction of sp³-hybridized carbons (Fsp3) is 0.526. The van der Waals surface area contributed by atoms with E-state index in [1.165, 1.54) is 0 Å². The van der Waals surface area contributed by atoms with Crippen molar-refractivity contribution in [3.63, 3.8) is 0 Å². The molecule has 2 atom stereocenters. The Morgan fingerprint density at radius 1 is 1.19 bits per heavy atom. The number of ether oxygens (including phenoxy) is 1. The van der Waals surface area contributed by atoms with Gasteiger partial charge in [0.2, 0.25) is 11.8 Å². The van der Waals surface area contributed by atoms with Gasteiger partial charge in [0.15, 0.2) is 0 Å². The van der Waals surface area contributed by atoms with Crippen LogP contribution in [-0.4, -0.2) is 35.1 Å². The molecule has 0 aliphatic heterocycles. The Morgan fingerprint density at radius 3 is 2.46 bits per heavy atom. The molecule has 3 N–H and O–H groups in total. The van der Waals surface area contributed by atoms with E-state index in [9.17, 15) is 14.4 Å². The van der Waals surface area contributed by atoms with Gasteiger partial charge in [-0.05, 0) is 44.6 Å². The summed E-state index contributed by atoms with van der Waals surface area (Å²) in [5.74, 6) is -2.24. The number of rotatable bonds is 8. The average Bonchev–Trinajstić information content (AvgIpc) is 3.14. The molecule has 0 unspecified atom stereocenters. The number of carbonyl (C=O) groups excluding carboxylic acids is 3. The van der Waals surface area contributed by atoms with Crippen molar-refractivity contribution in [2.24, 2.45) is 5.92 Å². The second-order valence-corrected chi connectivity index (χ2v) is 6.70. The van der Waals surface area contributed by atoms with E-state index in [0.29, 0.717) is 6.42 Å². The van der Waals surface area contributed by atoms with E-state index >= 15 is 0 Å². The van der Waals surface area contributed by atoms with Crippen molar-refractivity contribution in [1.82, 2.24) is 10.8 Å². The SMILES string of the molecule is C[C@H](NC(=O)[C@@H](CC(=O)NO)Cc1ccccc1)C(=O)OC1CCCC1. The summed E-state index contributed by atoms with van der Waals surface area (Å²) in [6.07, 6.45) is 3.90. The third kappa shape index (κ3) is 6.15. The van der Waals surface area contributed by atoms with E-state index < -0.39 is 29.7 Å². The second kappa shape index (κ2) is 9.91. The van der Waals surface area contributed by atoms with Crippen molar-refractivity contribution in [1.29, 1.82) is 0 Å². The molecule has 7 heteroatoms. The van der Waals surface area contributed by atoms with Crippen LogP contribution in [0, 0.1) is 5.92 Å². The van der Waals surface area contributed by atoms with Crippen molar-refractivity contribution in [3.8, 4) is 0 Å². The molecule has 2 amide bonds. The van der Waals surface area contributed by atoms with Crippen molar-refractivity contribution >= 4 is 17.8 Å². The lowest BCUT2D eigenvalue weighted by molar-refractivity contribution is -0.152. The molecule has 1 aromatic rings. The maximum absolute atomic E-state index is 12.6. The predicted molar refractivity (Wildman–Crippen MR) is 94.1 cm³/mol. The minimum Gasteiger partial charge on any atom is -0.461 e. The van der Waals surface area contributed by atoms with Gasteiger partial charge in [-0.25, -0.2) is 10.3 Å². The molecule has 0 aromatic heterocycles. The van der Waals surface area contributed by atoms with E-state index in [1.54, 1.807) is 12.4 Å². The summed E-state index contributed by atoms with van der Waals surface area (Å²) in [4.78, 5) is 36.2. The molecule has 142 valence electrons. The molecule has 0 radical (unpaired) electrons. The van der Waals surface area contributed by atoms with Crippen molar-refractivity contribution in [2.75, 3.05) is 0 Å². The van der Waals surface area contributed by atoms with E-state index in [1.807, 2.05) is 30.3 Å². The Balaban J connectivity index is 1.95. The molecule has 0 saturated heterocycles. The molecule has 1 aliphatic carbocycles. The van der Waals surface area contributed by atoms with E-state index in [0.717, 1.165) is 31.2 Å². The number of benzene rings is 1. The quantitative estimate of drug-likeness (QED) is 0.371. The van der Waals surface area contributed by atoms with Crippen LogP contribution in [0.15, 0.2) is 30.3 Å². The molecule has 0 heterocycles. The van der Waals surface area contributed by atoms with Crippen LogP contribution in [0.5, 0.6) is 0 Å². The number of hydroxylamine groups is 1. The monoisotopic (exact) mass is 362 g/mol. The van der Waals surface area contributed by atoms with Gasteiger partial charge in [-0.3, -0.25) is 14.8 Å². The van der Waals surface area contributed by atoms with E-state index in [-0.39, 0.29) is 12.5 Å². The Hall–Kier alpha value is -2.41. The normalized spacial score (nSPS) is 16.5. The highest BCUT2D eigenvalue weighted by molar-refractivity contribution is 5.88. The number of hydrogen-bond donors (Lipinski definition) is 3. The van der Waals surface area contributed by atoms with Crippen molar-refractivity contribution < 1.29 is 24.3 Å². The second-order valence-electron chi connectivity index (χ2n) is 6.70. The smallest absolute Gasteiger partial charge is 0.328 e. The lowest BCUT2D eigenvalue weighted by Crippen LogP contribution is -2.44. The van der Waals surface area contributed by atoms with Gasteiger partial charge >= 0.3 is 5.97 Å². The molecule has 26 heavy (non-hydrogen) atoms. The number of nitrogens with one attached hydrogen (secondary N) is 2. The number of carbonyl (C=O) groups is 3. The molecule has 1 fully saturated rings. The van der Waals surface area contributed by atoms with Crippen molar-refractivity contribution in [2.45, 2.75) is 57.6 Å². The van der Waals surface area contributed by atoms with Crippen LogP contribution in [0.2, 0.25) is 0 Å². The zero-order valence-corrected chi connectivity index (χ0v) is 14.9. The standard InChI is InChI=1S/C19H26N2O5/c1-13(19(24)26-16-9-5-6-10-16)20-18(23)15(12-17(22)21-25)11-14-7-3-2-4-8-14/h2-4,7-8,13,15-16,25H,5-6,9-12H2,1H3,(H,20,23)(H,21,22)/t13-,15+/m0/s1. The largest absolute Gasteiger partial charge is 0.461 e. The summed E-state index contributed by atoms with van der Waals surface area (Å²) in [5.41, 5.74) is 2.44. The maximum Gasteiger partial charge on any atom is 0.328 e. The molecule has 0 bridgehead atoms. The van der Waals surface area contributed by atoms with Crippen LogP contribution < -0.4 is 10.8 Å². The molecule has 2 rings (SSSR count). The Kier molecular flexibility index (Phi) is 7.59. The summed E-state index contributed by atoms with van der Waals surface area (Å²) in [6.45, 7) is 1.57. The fourth-order valence-corrected chi connectivity index (χ4v) is 3.09. The van der Waals surface area contributed by atoms with Gasteiger partial charge in [-0.1, -0.05) is 30.3 Å². The molecule has 0 spiro atoms. The zero-order valence-electron chi connectivity index (χ0n) is 14.9. The molecule has 7 nitrogen and oxygen atoms in total. The fourth-order valence-electron chi connectivity index (χ4n) is 3.09. The molecule has 1 saturated carbocycles. The third-order valence-corrected chi connectivity index (χ3v) is 4.55. The summed E-state index contributed by atoms with van der Waals surface area (Å²) in [7, 11) is 0. The predicted octanol–water partition coefficient (Wildman–Crippen LogP) is 1.73. The molecule has 1 aromatic carbocycles. The van der Waals surface area contributed by atoms with Crippen LogP contribution >= 0.6 is 0 Å². The van der Waals surface area contributed by atoms with Gasteiger partial charge in [0.25, 0.3) is 0 Å². The van der Waals surface area contributed by atoms with Crippen LogP contribution in [0.3, 0.4) is 0 Å². The van der Waals surface area contributed by atoms with Crippen LogP contribution in [0.4, 0.5) is 0 Å². The van der Waals surface area contributed by atoms with Crippen LogP contribution in [0.1, 0.15) is 44.6 Å². The average molecular weight is 362 g/mol. The molecular formula is C19H26N2O5. The lowest BCUT2D eigenvalue weighted by Gasteiger charge is -2.20.